The van der Waals surface area contributed by atoms with E-state index in [1.54, 1.807) is 0 Å². The van der Waals surface area contributed by atoms with Crippen molar-refractivity contribution in [1.82, 2.24) is 0 Å². The third kappa shape index (κ3) is 1.94. The Bertz CT molecular complexity index is 536. The molecule has 3 aliphatic rings. The van der Waals surface area contributed by atoms with Crippen molar-refractivity contribution in [3.8, 4) is 5.75 Å². The predicted octanol–water partition coefficient (Wildman–Crippen LogP) is 5.23. The summed E-state index contributed by atoms with van der Waals surface area (Å²) in [5.74, 6) is 3.91. The summed E-state index contributed by atoms with van der Waals surface area (Å²) in [6, 6.07) is 6.85. The van der Waals surface area contributed by atoms with E-state index < -0.39 is 0 Å². The summed E-state index contributed by atoms with van der Waals surface area (Å²) in [4.78, 5) is 0.527. The first kappa shape index (κ1) is 13.2. The van der Waals surface area contributed by atoms with Gasteiger partial charge in [-0.3, -0.25) is 0 Å². The quantitative estimate of drug-likeness (QED) is 0.673. The molecule has 2 aliphatic carbocycles. The van der Waals surface area contributed by atoms with Crippen LogP contribution in [0, 0.1) is 17.8 Å². The zero-order valence-electron chi connectivity index (χ0n) is 12.4. The Balaban J connectivity index is 1.63. The van der Waals surface area contributed by atoms with E-state index in [-0.39, 0.29) is 5.41 Å². The van der Waals surface area contributed by atoms with Crippen LogP contribution in [-0.2, 0) is 5.41 Å². The predicted molar refractivity (Wildman–Crippen MR) is 85.6 cm³/mol. The van der Waals surface area contributed by atoms with Gasteiger partial charge in [-0.25, -0.2) is 0 Å². The van der Waals surface area contributed by atoms with E-state index in [9.17, 15) is 0 Å². The second-order valence-electron chi connectivity index (χ2n) is 7.67. The van der Waals surface area contributed by atoms with Gasteiger partial charge < -0.3 is 4.74 Å². The summed E-state index contributed by atoms with van der Waals surface area (Å²) >= 11 is 4.02. The first-order valence-electron chi connectivity index (χ1n) is 7.96. The van der Waals surface area contributed by atoms with Crippen LogP contribution >= 0.6 is 15.9 Å². The lowest BCUT2D eigenvalue weighted by Gasteiger charge is -2.27. The van der Waals surface area contributed by atoms with Gasteiger partial charge in [-0.1, -0.05) is 48.3 Å². The molecular weight excluding hydrogens is 312 g/mol. The average molecular weight is 335 g/mol. The maximum absolute atomic E-state index is 5.81. The van der Waals surface area contributed by atoms with Crippen LogP contribution in [0.25, 0.3) is 0 Å². The molecule has 2 bridgehead atoms. The SMILES string of the molecule is CC1(C)COc2ccc(C(Br)C3CC4CCC3C4)cc21. The molecule has 2 fully saturated rings. The third-order valence-corrected chi connectivity index (χ3v) is 7.02. The van der Waals surface area contributed by atoms with E-state index in [0.717, 1.165) is 30.1 Å². The Morgan fingerprint density at radius 1 is 1.25 bits per heavy atom. The number of ether oxygens (including phenoxy) is 1. The fourth-order valence-corrected chi connectivity index (χ4v) is 5.54. The molecule has 4 rings (SSSR count). The Hall–Kier alpha value is -0.500. The minimum atomic E-state index is 0.159. The number of hydrogen-bond donors (Lipinski definition) is 0. The Labute approximate surface area is 130 Å². The fraction of sp³-hybridized carbons (Fsp3) is 0.667. The van der Waals surface area contributed by atoms with Gasteiger partial charge in [0, 0.05) is 15.8 Å². The minimum Gasteiger partial charge on any atom is -0.492 e. The van der Waals surface area contributed by atoms with E-state index in [1.807, 2.05) is 0 Å². The van der Waals surface area contributed by atoms with Crippen molar-refractivity contribution >= 4 is 15.9 Å². The second-order valence-corrected chi connectivity index (χ2v) is 8.66. The summed E-state index contributed by atoms with van der Waals surface area (Å²) in [6.07, 6.45) is 5.84. The summed E-state index contributed by atoms with van der Waals surface area (Å²) in [5.41, 5.74) is 3.01. The van der Waals surface area contributed by atoms with Gasteiger partial charge in [0.15, 0.2) is 0 Å². The van der Waals surface area contributed by atoms with Crippen LogP contribution in [0.2, 0.25) is 0 Å². The van der Waals surface area contributed by atoms with E-state index in [2.05, 4.69) is 48.0 Å². The summed E-state index contributed by atoms with van der Waals surface area (Å²) in [5, 5.41) is 0. The lowest BCUT2D eigenvalue weighted by atomic mass is 9.81. The molecule has 0 saturated heterocycles. The number of hydrogen-bond acceptors (Lipinski definition) is 1. The first-order chi connectivity index (χ1) is 9.54. The molecule has 1 aromatic rings. The van der Waals surface area contributed by atoms with Crippen molar-refractivity contribution in [1.29, 1.82) is 0 Å². The molecule has 108 valence electrons. The highest BCUT2D eigenvalue weighted by molar-refractivity contribution is 9.09. The number of rotatable bonds is 2. The first-order valence-corrected chi connectivity index (χ1v) is 8.87. The molecule has 4 unspecified atom stereocenters. The largest absolute Gasteiger partial charge is 0.492 e. The van der Waals surface area contributed by atoms with Crippen molar-refractivity contribution in [2.75, 3.05) is 6.61 Å². The van der Waals surface area contributed by atoms with Crippen LogP contribution in [0.15, 0.2) is 18.2 Å². The zero-order chi connectivity index (χ0) is 13.9. The van der Waals surface area contributed by atoms with Crippen LogP contribution in [0.3, 0.4) is 0 Å². The van der Waals surface area contributed by atoms with E-state index >= 15 is 0 Å². The van der Waals surface area contributed by atoms with Crippen LogP contribution in [0.5, 0.6) is 5.75 Å². The van der Waals surface area contributed by atoms with Gasteiger partial charge in [0.2, 0.25) is 0 Å². The molecule has 0 radical (unpaired) electrons. The van der Waals surface area contributed by atoms with E-state index in [0.29, 0.717) is 4.83 Å². The van der Waals surface area contributed by atoms with Gasteiger partial charge in [-0.2, -0.15) is 0 Å². The summed E-state index contributed by atoms with van der Waals surface area (Å²) in [6.45, 7) is 5.37. The molecule has 0 N–H and O–H groups in total. The summed E-state index contributed by atoms with van der Waals surface area (Å²) < 4.78 is 5.81. The normalized spacial score (nSPS) is 34.9. The zero-order valence-corrected chi connectivity index (χ0v) is 13.9. The highest BCUT2D eigenvalue weighted by Crippen LogP contribution is 2.55. The standard InChI is InChI=1S/C18H23BrO/c1-18(2)10-20-16-6-5-13(9-15(16)18)17(19)14-8-11-3-4-12(14)7-11/h5-6,9,11-12,14,17H,3-4,7-8,10H2,1-2H3. The van der Waals surface area contributed by atoms with Gasteiger partial charge in [0.1, 0.15) is 5.75 Å². The molecule has 2 saturated carbocycles. The van der Waals surface area contributed by atoms with Crippen molar-refractivity contribution < 1.29 is 4.74 Å². The van der Waals surface area contributed by atoms with Crippen molar-refractivity contribution in [2.24, 2.45) is 17.8 Å². The van der Waals surface area contributed by atoms with E-state index in [4.69, 9.17) is 4.74 Å². The Morgan fingerprint density at radius 3 is 2.80 bits per heavy atom. The summed E-state index contributed by atoms with van der Waals surface area (Å²) in [7, 11) is 0. The average Bonchev–Trinajstić information content (AvgIpc) is 3.13. The third-order valence-electron chi connectivity index (χ3n) is 5.81. The molecule has 1 heterocycles. The number of alkyl halides is 1. The Morgan fingerprint density at radius 2 is 2.10 bits per heavy atom. The minimum absolute atomic E-state index is 0.159. The molecule has 1 aromatic carbocycles. The highest BCUT2D eigenvalue weighted by atomic mass is 79.9. The van der Waals surface area contributed by atoms with Gasteiger partial charge >= 0.3 is 0 Å². The molecule has 20 heavy (non-hydrogen) atoms. The molecule has 4 atom stereocenters. The van der Waals surface area contributed by atoms with Crippen molar-refractivity contribution in [3.63, 3.8) is 0 Å². The van der Waals surface area contributed by atoms with Crippen LogP contribution in [0.1, 0.15) is 55.5 Å². The topological polar surface area (TPSA) is 9.23 Å². The van der Waals surface area contributed by atoms with Gasteiger partial charge in [0.25, 0.3) is 0 Å². The molecule has 0 amide bonds. The maximum atomic E-state index is 5.81. The molecule has 1 aliphatic heterocycles. The highest BCUT2D eigenvalue weighted by Gasteiger charge is 2.43. The second kappa shape index (κ2) is 4.50. The van der Waals surface area contributed by atoms with Crippen LogP contribution in [-0.4, -0.2) is 6.61 Å². The molecule has 2 heteroatoms. The van der Waals surface area contributed by atoms with Crippen LogP contribution < -0.4 is 4.74 Å². The molecule has 1 nitrogen and oxygen atoms in total. The maximum Gasteiger partial charge on any atom is 0.123 e. The fourth-order valence-electron chi connectivity index (χ4n) is 4.61. The number of halogens is 1. The smallest absolute Gasteiger partial charge is 0.123 e. The monoisotopic (exact) mass is 334 g/mol. The Kier molecular flexibility index (Phi) is 2.96. The number of fused-ring (bicyclic) bond motifs is 3. The van der Waals surface area contributed by atoms with Crippen LogP contribution in [0.4, 0.5) is 0 Å². The van der Waals surface area contributed by atoms with Crippen molar-refractivity contribution in [2.45, 2.75) is 49.8 Å². The van der Waals surface area contributed by atoms with Gasteiger partial charge in [-0.05, 0) is 48.6 Å². The lowest BCUT2D eigenvalue weighted by Crippen LogP contribution is -2.19. The van der Waals surface area contributed by atoms with E-state index in [1.165, 1.54) is 36.8 Å². The van der Waals surface area contributed by atoms with Gasteiger partial charge in [-0.15, -0.1) is 0 Å². The number of benzene rings is 1. The molecule has 0 spiro atoms. The lowest BCUT2D eigenvalue weighted by molar-refractivity contribution is 0.291. The molecular formula is C18H23BrO. The van der Waals surface area contributed by atoms with Crippen molar-refractivity contribution in [3.05, 3.63) is 29.3 Å². The molecule has 0 aromatic heterocycles. The van der Waals surface area contributed by atoms with Gasteiger partial charge in [0.05, 0.1) is 6.61 Å².